The number of nitrogens with zero attached hydrogens (tertiary/aromatic N) is 2. The van der Waals surface area contributed by atoms with Gasteiger partial charge >= 0.3 is 0 Å². The molecular weight excluding hydrogens is 136 g/mol. The molecule has 2 nitrogen and oxygen atoms in total. The minimum atomic E-state index is 0.736. The fourth-order valence-corrected chi connectivity index (χ4v) is 1.68. The summed E-state index contributed by atoms with van der Waals surface area (Å²) >= 11 is 0. The summed E-state index contributed by atoms with van der Waals surface area (Å²) < 4.78 is 1.30. The first-order valence-electron chi connectivity index (χ1n) is 4.72. The fraction of sp³-hybridized carbons (Fsp3) is 1.00. The second-order valence-electron chi connectivity index (χ2n) is 3.94. The van der Waals surface area contributed by atoms with E-state index in [1.807, 2.05) is 0 Å². The van der Waals surface area contributed by atoms with Crippen molar-refractivity contribution in [2.24, 2.45) is 0 Å². The van der Waals surface area contributed by atoms with Gasteiger partial charge in [-0.3, -0.25) is 4.48 Å². The van der Waals surface area contributed by atoms with Crippen LogP contribution in [0.3, 0.4) is 0 Å². The van der Waals surface area contributed by atoms with Gasteiger partial charge in [-0.2, -0.15) is 0 Å². The second-order valence-corrected chi connectivity index (χ2v) is 3.94. The van der Waals surface area contributed by atoms with Crippen LogP contribution in [0.5, 0.6) is 0 Å². The second kappa shape index (κ2) is 3.11. The maximum atomic E-state index is 2.53. The van der Waals surface area contributed by atoms with E-state index in [-0.39, 0.29) is 0 Å². The van der Waals surface area contributed by atoms with Crippen molar-refractivity contribution in [2.75, 3.05) is 26.4 Å². The molecule has 1 saturated heterocycles. The SMILES string of the molecule is CC[N+]1(CC)CN(C(C)C)C1. The van der Waals surface area contributed by atoms with Gasteiger partial charge in [0.2, 0.25) is 0 Å². The van der Waals surface area contributed by atoms with Crippen molar-refractivity contribution < 1.29 is 4.48 Å². The van der Waals surface area contributed by atoms with E-state index < -0.39 is 0 Å². The number of hydrogen-bond acceptors (Lipinski definition) is 1. The molecule has 0 atom stereocenters. The van der Waals surface area contributed by atoms with Gasteiger partial charge in [-0.1, -0.05) is 0 Å². The van der Waals surface area contributed by atoms with Crippen LogP contribution in [0.15, 0.2) is 0 Å². The maximum absolute atomic E-state index is 2.53. The van der Waals surface area contributed by atoms with Gasteiger partial charge in [0, 0.05) is 6.04 Å². The Kier molecular flexibility index (Phi) is 2.55. The molecule has 0 aromatic rings. The topological polar surface area (TPSA) is 3.24 Å². The Morgan fingerprint density at radius 1 is 1.18 bits per heavy atom. The van der Waals surface area contributed by atoms with Crippen LogP contribution >= 0.6 is 0 Å². The molecule has 1 heterocycles. The minimum absolute atomic E-state index is 0.736. The summed E-state index contributed by atoms with van der Waals surface area (Å²) in [6.07, 6.45) is 0. The van der Waals surface area contributed by atoms with Crippen molar-refractivity contribution in [2.45, 2.75) is 33.7 Å². The Morgan fingerprint density at radius 3 is 1.91 bits per heavy atom. The van der Waals surface area contributed by atoms with E-state index in [1.165, 1.54) is 30.9 Å². The summed E-state index contributed by atoms with van der Waals surface area (Å²) in [5.41, 5.74) is 0. The van der Waals surface area contributed by atoms with E-state index >= 15 is 0 Å². The van der Waals surface area contributed by atoms with Crippen molar-refractivity contribution in [1.82, 2.24) is 4.90 Å². The smallest absolute Gasteiger partial charge is 0.140 e. The van der Waals surface area contributed by atoms with Crippen LogP contribution in [0.1, 0.15) is 27.7 Å². The third-order valence-corrected chi connectivity index (χ3v) is 3.04. The molecule has 66 valence electrons. The van der Waals surface area contributed by atoms with Crippen molar-refractivity contribution >= 4 is 0 Å². The van der Waals surface area contributed by atoms with Gasteiger partial charge in [0.25, 0.3) is 0 Å². The molecule has 0 aliphatic carbocycles. The van der Waals surface area contributed by atoms with Crippen LogP contribution in [0.25, 0.3) is 0 Å². The molecule has 0 saturated carbocycles. The van der Waals surface area contributed by atoms with E-state index in [2.05, 4.69) is 32.6 Å². The first-order chi connectivity index (χ1) is 5.13. The lowest BCUT2D eigenvalue weighted by molar-refractivity contribution is -0.994. The van der Waals surface area contributed by atoms with E-state index in [1.54, 1.807) is 0 Å². The fourth-order valence-electron chi connectivity index (χ4n) is 1.68. The number of rotatable bonds is 3. The third-order valence-electron chi connectivity index (χ3n) is 3.04. The number of quaternary nitrogens is 1. The molecule has 0 radical (unpaired) electrons. The summed E-state index contributed by atoms with van der Waals surface area (Å²) in [6.45, 7) is 14.3. The van der Waals surface area contributed by atoms with Crippen molar-refractivity contribution in [3.05, 3.63) is 0 Å². The molecule has 0 N–H and O–H groups in total. The quantitative estimate of drug-likeness (QED) is 0.561. The average molecular weight is 157 g/mol. The highest BCUT2D eigenvalue weighted by atomic mass is 15.6. The van der Waals surface area contributed by atoms with Gasteiger partial charge in [0.1, 0.15) is 13.3 Å². The Bertz CT molecular complexity index is 120. The Morgan fingerprint density at radius 2 is 1.64 bits per heavy atom. The summed E-state index contributed by atoms with van der Waals surface area (Å²) in [6, 6.07) is 0.736. The normalized spacial score (nSPS) is 23.7. The molecule has 2 heteroatoms. The summed E-state index contributed by atoms with van der Waals surface area (Å²) in [5, 5.41) is 0. The molecule has 0 aromatic heterocycles. The predicted octanol–water partition coefficient (Wildman–Crippen LogP) is 1.48. The molecule has 0 unspecified atom stereocenters. The Labute approximate surface area is 70.4 Å². The summed E-state index contributed by atoms with van der Waals surface area (Å²) in [5.74, 6) is 0. The highest BCUT2D eigenvalue weighted by Gasteiger charge is 2.39. The Hall–Kier alpha value is -0.0800. The minimum Gasteiger partial charge on any atom is -0.299 e. The Balaban J connectivity index is 2.35. The number of hydrogen-bond donors (Lipinski definition) is 0. The molecule has 0 spiro atoms. The van der Waals surface area contributed by atoms with Crippen LogP contribution < -0.4 is 0 Å². The van der Waals surface area contributed by atoms with Crippen molar-refractivity contribution in [1.29, 1.82) is 0 Å². The largest absolute Gasteiger partial charge is 0.299 e. The zero-order chi connectivity index (χ0) is 8.48. The maximum Gasteiger partial charge on any atom is 0.140 e. The zero-order valence-electron chi connectivity index (χ0n) is 8.30. The summed E-state index contributed by atoms with van der Waals surface area (Å²) in [7, 11) is 0. The van der Waals surface area contributed by atoms with E-state index in [0.717, 1.165) is 6.04 Å². The molecule has 0 aromatic carbocycles. The lowest BCUT2D eigenvalue weighted by Crippen LogP contribution is -2.70. The molecule has 0 amide bonds. The average Bonchev–Trinajstić information content (AvgIpc) is 1.87. The predicted molar refractivity (Wildman–Crippen MR) is 48.1 cm³/mol. The molecule has 1 aliphatic rings. The van der Waals surface area contributed by atoms with E-state index in [4.69, 9.17) is 0 Å². The van der Waals surface area contributed by atoms with Gasteiger partial charge < -0.3 is 0 Å². The van der Waals surface area contributed by atoms with Crippen LogP contribution in [0.4, 0.5) is 0 Å². The molecule has 0 bridgehead atoms. The van der Waals surface area contributed by atoms with E-state index in [9.17, 15) is 0 Å². The van der Waals surface area contributed by atoms with Gasteiger partial charge in [0.05, 0.1) is 13.1 Å². The van der Waals surface area contributed by atoms with Gasteiger partial charge in [-0.15, -0.1) is 0 Å². The van der Waals surface area contributed by atoms with Crippen LogP contribution in [0, 0.1) is 0 Å². The first kappa shape index (κ1) is 9.01. The standard InChI is InChI=1S/C9H21N2/c1-5-11(6-2)7-10(8-11)9(3)4/h9H,5-8H2,1-4H3/q+1. The third kappa shape index (κ3) is 1.57. The summed E-state index contributed by atoms with van der Waals surface area (Å²) in [4.78, 5) is 2.53. The zero-order valence-corrected chi connectivity index (χ0v) is 8.30. The first-order valence-corrected chi connectivity index (χ1v) is 4.72. The molecular formula is C9H21N2+. The van der Waals surface area contributed by atoms with Crippen LogP contribution in [-0.2, 0) is 0 Å². The lowest BCUT2D eigenvalue weighted by atomic mass is 10.2. The van der Waals surface area contributed by atoms with Gasteiger partial charge in [0.15, 0.2) is 0 Å². The van der Waals surface area contributed by atoms with Gasteiger partial charge in [-0.05, 0) is 27.7 Å². The molecule has 11 heavy (non-hydrogen) atoms. The highest BCUT2D eigenvalue weighted by molar-refractivity contribution is 4.62. The van der Waals surface area contributed by atoms with E-state index in [0.29, 0.717) is 0 Å². The van der Waals surface area contributed by atoms with Gasteiger partial charge in [-0.25, -0.2) is 4.90 Å². The van der Waals surface area contributed by atoms with Crippen molar-refractivity contribution in [3.8, 4) is 0 Å². The molecule has 1 rings (SSSR count). The van der Waals surface area contributed by atoms with Crippen LogP contribution in [0.2, 0.25) is 0 Å². The monoisotopic (exact) mass is 157 g/mol. The van der Waals surface area contributed by atoms with Crippen LogP contribution in [-0.4, -0.2) is 41.9 Å². The lowest BCUT2D eigenvalue weighted by Gasteiger charge is -2.52. The van der Waals surface area contributed by atoms with Crippen molar-refractivity contribution in [3.63, 3.8) is 0 Å². The molecule has 1 fully saturated rings. The highest BCUT2D eigenvalue weighted by Crippen LogP contribution is 2.21. The molecule has 1 aliphatic heterocycles.